The van der Waals surface area contributed by atoms with Crippen molar-refractivity contribution in [2.24, 2.45) is 0 Å². The summed E-state index contributed by atoms with van der Waals surface area (Å²) in [5.74, 6) is -0.162. The lowest BCUT2D eigenvalue weighted by Gasteiger charge is -2.23. The van der Waals surface area contributed by atoms with Crippen molar-refractivity contribution in [1.82, 2.24) is 0 Å². The number of fused-ring (bicyclic) bond motifs is 2. The van der Waals surface area contributed by atoms with Gasteiger partial charge >= 0.3 is 5.97 Å². The lowest BCUT2D eigenvalue weighted by Crippen LogP contribution is -2.26. The minimum Gasteiger partial charge on any atom is -0.436 e. The maximum absolute atomic E-state index is 11.5. The van der Waals surface area contributed by atoms with Gasteiger partial charge in [-0.25, -0.2) is 0 Å². The zero-order chi connectivity index (χ0) is 16.5. The van der Waals surface area contributed by atoms with E-state index in [1.807, 2.05) is 0 Å². The summed E-state index contributed by atoms with van der Waals surface area (Å²) in [5, 5.41) is 4.90. The highest BCUT2D eigenvalue weighted by molar-refractivity contribution is 6.05. The molecule has 0 bridgehead atoms. The van der Waals surface area contributed by atoms with Gasteiger partial charge in [-0.3, -0.25) is 4.79 Å². The topological polar surface area (TPSA) is 35.5 Å². The maximum Gasteiger partial charge on any atom is 0.308 e. The van der Waals surface area contributed by atoms with Crippen molar-refractivity contribution in [3.05, 3.63) is 59.7 Å². The maximum atomic E-state index is 11.5. The fraction of sp³-hybridized carbons (Fsp3) is 0.286. The standard InChI is InChI=1S/C21H20O3/c1-14-15-7-2-4-9-17(15)19(18-10-5-3-8-16(14)18)13-23-21-12-6-11-20(22)24-21/h2-5,7-10,21H,6,11-13H2,1H3. The van der Waals surface area contributed by atoms with E-state index in [0.717, 1.165) is 18.4 Å². The fourth-order valence-electron chi connectivity index (χ4n) is 3.56. The first-order valence-electron chi connectivity index (χ1n) is 8.44. The van der Waals surface area contributed by atoms with E-state index < -0.39 is 6.29 Å². The highest BCUT2D eigenvalue weighted by Gasteiger charge is 2.21. The van der Waals surface area contributed by atoms with E-state index in [4.69, 9.17) is 9.47 Å². The molecule has 0 aromatic heterocycles. The molecule has 0 aliphatic carbocycles. The second-order valence-electron chi connectivity index (χ2n) is 6.32. The molecule has 3 nitrogen and oxygen atoms in total. The average Bonchev–Trinajstić information content (AvgIpc) is 2.62. The van der Waals surface area contributed by atoms with E-state index in [1.54, 1.807) is 0 Å². The van der Waals surface area contributed by atoms with Gasteiger partial charge in [-0.1, -0.05) is 48.5 Å². The first-order chi connectivity index (χ1) is 11.7. The van der Waals surface area contributed by atoms with Crippen LogP contribution < -0.4 is 0 Å². The summed E-state index contributed by atoms with van der Waals surface area (Å²) < 4.78 is 11.2. The number of hydrogen-bond donors (Lipinski definition) is 0. The van der Waals surface area contributed by atoms with Gasteiger partial charge in [0.25, 0.3) is 0 Å². The van der Waals surface area contributed by atoms with Crippen LogP contribution in [0.15, 0.2) is 48.5 Å². The lowest BCUT2D eigenvalue weighted by atomic mass is 9.93. The van der Waals surface area contributed by atoms with Crippen molar-refractivity contribution < 1.29 is 14.3 Å². The van der Waals surface area contributed by atoms with E-state index in [0.29, 0.717) is 13.0 Å². The largest absolute Gasteiger partial charge is 0.436 e. The quantitative estimate of drug-likeness (QED) is 0.510. The molecule has 1 unspecified atom stereocenters. The zero-order valence-electron chi connectivity index (χ0n) is 13.7. The van der Waals surface area contributed by atoms with Crippen LogP contribution in [-0.2, 0) is 20.9 Å². The van der Waals surface area contributed by atoms with Gasteiger partial charge in [0.15, 0.2) is 0 Å². The summed E-state index contributed by atoms with van der Waals surface area (Å²) in [6, 6.07) is 16.8. The molecule has 0 amide bonds. The molecule has 0 radical (unpaired) electrons. The monoisotopic (exact) mass is 320 g/mol. The summed E-state index contributed by atoms with van der Waals surface area (Å²) in [6.45, 7) is 2.61. The molecule has 1 aliphatic heterocycles. The fourth-order valence-corrected chi connectivity index (χ4v) is 3.56. The molecule has 3 heteroatoms. The van der Waals surface area contributed by atoms with E-state index >= 15 is 0 Å². The molecule has 1 aliphatic rings. The molecule has 1 fully saturated rings. The molecule has 1 atom stereocenters. The van der Waals surface area contributed by atoms with Gasteiger partial charge in [0.1, 0.15) is 0 Å². The van der Waals surface area contributed by atoms with Crippen LogP contribution in [0, 0.1) is 6.92 Å². The molecule has 122 valence electrons. The lowest BCUT2D eigenvalue weighted by molar-refractivity contribution is -0.191. The summed E-state index contributed by atoms with van der Waals surface area (Å²) in [4.78, 5) is 11.5. The molecular formula is C21H20O3. The summed E-state index contributed by atoms with van der Waals surface area (Å²) >= 11 is 0. The number of benzene rings is 3. The van der Waals surface area contributed by atoms with Gasteiger partial charge < -0.3 is 9.47 Å². The van der Waals surface area contributed by atoms with Crippen LogP contribution >= 0.6 is 0 Å². The smallest absolute Gasteiger partial charge is 0.308 e. The minimum absolute atomic E-state index is 0.162. The molecule has 0 N–H and O–H groups in total. The molecule has 1 saturated heterocycles. The Labute approximate surface area is 141 Å². The van der Waals surface area contributed by atoms with Crippen molar-refractivity contribution in [2.75, 3.05) is 0 Å². The van der Waals surface area contributed by atoms with Gasteiger partial charge in [-0.2, -0.15) is 0 Å². The summed E-state index contributed by atoms with van der Waals surface area (Å²) in [5.41, 5.74) is 2.45. The number of cyclic esters (lactones) is 1. The Hall–Kier alpha value is -2.39. The van der Waals surface area contributed by atoms with Crippen molar-refractivity contribution in [1.29, 1.82) is 0 Å². The van der Waals surface area contributed by atoms with Gasteiger partial charge in [0.2, 0.25) is 6.29 Å². The van der Waals surface area contributed by atoms with Gasteiger partial charge in [-0.15, -0.1) is 0 Å². The van der Waals surface area contributed by atoms with Crippen LogP contribution in [-0.4, -0.2) is 12.3 Å². The third-order valence-electron chi connectivity index (χ3n) is 4.81. The highest BCUT2D eigenvalue weighted by atomic mass is 16.7. The number of ether oxygens (including phenoxy) is 2. The Kier molecular flexibility index (Phi) is 3.95. The van der Waals surface area contributed by atoms with Crippen molar-refractivity contribution in [2.45, 2.75) is 39.1 Å². The SMILES string of the molecule is Cc1c2ccccc2c(COC2CCCC(=O)O2)c2ccccc12. The highest BCUT2D eigenvalue weighted by Crippen LogP contribution is 2.33. The Morgan fingerprint density at radius 3 is 2.17 bits per heavy atom. The van der Waals surface area contributed by atoms with E-state index in [9.17, 15) is 4.79 Å². The van der Waals surface area contributed by atoms with Crippen molar-refractivity contribution in [3.8, 4) is 0 Å². The molecule has 3 aromatic rings. The molecule has 24 heavy (non-hydrogen) atoms. The minimum atomic E-state index is -0.426. The number of carbonyl (C=O) groups excluding carboxylic acids is 1. The zero-order valence-corrected chi connectivity index (χ0v) is 13.7. The second kappa shape index (κ2) is 6.25. The number of esters is 1. The molecule has 0 spiro atoms. The van der Waals surface area contributed by atoms with Crippen LogP contribution in [0.25, 0.3) is 21.5 Å². The van der Waals surface area contributed by atoms with Crippen LogP contribution in [0.1, 0.15) is 30.4 Å². The third-order valence-corrected chi connectivity index (χ3v) is 4.81. The normalized spacial score (nSPS) is 18.0. The van der Waals surface area contributed by atoms with Crippen LogP contribution in [0.3, 0.4) is 0 Å². The predicted octanol–water partition coefficient (Wildman–Crippen LogP) is 4.87. The Balaban J connectivity index is 1.77. The van der Waals surface area contributed by atoms with Gasteiger partial charge in [-0.05, 0) is 46.0 Å². The molecule has 4 rings (SSSR count). The average molecular weight is 320 g/mol. The van der Waals surface area contributed by atoms with E-state index in [-0.39, 0.29) is 5.97 Å². The predicted molar refractivity (Wildman–Crippen MR) is 94.7 cm³/mol. The van der Waals surface area contributed by atoms with E-state index in [1.165, 1.54) is 27.1 Å². The number of hydrogen-bond acceptors (Lipinski definition) is 3. The van der Waals surface area contributed by atoms with Crippen LogP contribution in [0.2, 0.25) is 0 Å². The summed E-state index contributed by atoms with van der Waals surface area (Å²) in [7, 11) is 0. The molecular weight excluding hydrogens is 300 g/mol. The molecule has 1 heterocycles. The second-order valence-corrected chi connectivity index (χ2v) is 6.32. The van der Waals surface area contributed by atoms with Crippen molar-refractivity contribution in [3.63, 3.8) is 0 Å². The number of carbonyl (C=O) groups is 1. The van der Waals surface area contributed by atoms with Gasteiger partial charge in [0, 0.05) is 12.8 Å². The Morgan fingerprint density at radius 1 is 1.00 bits per heavy atom. The van der Waals surface area contributed by atoms with Crippen LogP contribution in [0.5, 0.6) is 0 Å². The summed E-state index contributed by atoms with van der Waals surface area (Å²) in [6.07, 6.45) is 1.67. The van der Waals surface area contributed by atoms with E-state index in [2.05, 4.69) is 55.5 Å². The van der Waals surface area contributed by atoms with Crippen LogP contribution in [0.4, 0.5) is 0 Å². The Bertz CT molecular complexity index is 856. The number of aryl methyl sites for hydroxylation is 1. The van der Waals surface area contributed by atoms with Gasteiger partial charge in [0.05, 0.1) is 6.61 Å². The van der Waals surface area contributed by atoms with Crippen molar-refractivity contribution >= 4 is 27.5 Å². The first-order valence-corrected chi connectivity index (χ1v) is 8.44. The Morgan fingerprint density at radius 2 is 1.58 bits per heavy atom. The molecule has 3 aromatic carbocycles. The molecule has 0 saturated carbocycles. The third kappa shape index (κ3) is 2.65. The first kappa shape index (κ1) is 15.2. The number of rotatable bonds is 3.